The van der Waals surface area contributed by atoms with Crippen molar-refractivity contribution in [1.82, 2.24) is 10.3 Å². The zero-order chi connectivity index (χ0) is 15.3. The fourth-order valence-electron chi connectivity index (χ4n) is 2.29. The number of hydrogen-bond donors (Lipinski definition) is 1. The Bertz CT molecular complexity index is 488. The predicted molar refractivity (Wildman–Crippen MR) is 80.3 cm³/mol. The van der Waals surface area contributed by atoms with Crippen LogP contribution in [0, 0.1) is 5.41 Å². The SMILES string of the molecule is CC(C)(CCCNC(=O)c1cc(Cl)ccn1)C1OCCO1. The number of carbonyl (C=O) groups is 1. The van der Waals surface area contributed by atoms with Gasteiger partial charge in [0, 0.05) is 23.2 Å². The van der Waals surface area contributed by atoms with Gasteiger partial charge in [0.15, 0.2) is 6.29 Å². The molecule has 0 unspecified atom stereocenters. The lowest BCUT2D eigenvalue weighted by Gasteiger charge is -2.29. The molecule has 0 aromatic carbocycles. The molecule has 2 heterocycles. The average molecular weight is 313 g/mol. The third kappa shape index (κ3) is 4.66. The van der Waals surface area contributed by atoms with E-state index in [1.165, 1.54) is 6.20 Å². The molecule has 0 spiro atoms. The van der Waals surface area contributed by atoms with Gasteiger partial charge in [-0.2, -0.15) is 0 Å². The van der Waals surface area contributed by atoms with E-state index in [9.17, 15) is 4.79 Å². The number of nitrogens with zero attached hydrogens (tertiary/aromatic N) is 1. The van der Waals surface area contributed by atoms with E-state index in [1.54, 1.807) is 12.1 Å². The summed E-state index contributed by atoms with van der Waals surface area (Å²) in [6, 6.07) is 3.20. The lowest BCUT2D eigenvalue weighted by molar-refractivity contribution is -0.122. The minimum Gasteiger partial charge on any atom is -0.351 e. The second-order valence-electron chi connectivity index (χ2n) is 5.78. The van der Waals surface area contributed by atoms with Crippen molar-refractivity contribution in [2.45, 2.75) is 33.0 Å². The van der Waals surface area contributed by atoms with Crippen LogP contribution in [0.1, 0.15) is 37.2 Å². The molecule has 0 radical (unpaired) electrons. The predicted octanol–water partition coefficient (Wildman–Crippen LogP) is 2.64. The van der Waals surface area contributed by atoms with Crippen LogP contribution < -0.4 is 5.32 Å². The first-order valence-electron chi connectivity index (χ1n) is 7.12. The molecule has 1 N–H and O–H groups in total. The van der Waals surface area contributed by atoms with Gasteiger partial charge in [0.2, 0.25) is 0 Å². The molecule has 2 rings (SSSR count). The van der Waals surface area contributed by atoms with Gasteiger partial charge < -0.3 is 14.8 Å². The van der Waals surface area contributed by atoms with E-state index in [0.717, 1.165) is 12.8 Å². The number of hydrogen-bond acceptors (Lipinski definition) is 4. The second kappa shape index (κ2) is 7.20. The van der Waals surface area contributed by atoms with Gasteiger partial charge >= 0.3 is 0 Å². The minimum atomic E-state index is -0.205. The number of nitrogens with one attached hydrogen (secondary N) is 1. The van der Waals surface area contributed by atoms with Gasteiger partial charge in [-0.1, -0.05) is 25.4 Å². The summed E-state index contributed by atoms with van der Waals surface area (Å²) in [4.78, 5) is 15.9. The van der Waals surface area contributed by atoms with Gasteiger partial charge in [0.1, 0.15) is 5.69 Å². The highest BCUT2D eigenvalue weighted by Gasteiger charge is 2.33. The second-order valence-corrected chi connectivity index (χ2v) is 6.22. The fourth-order valence-corrected chi connectivity index (χ4v) is 2.45. The summed E-state index contributed by atoms with van der Waals surface area (Å²) in [7, 11) is 0. The first kappa shape index (κ1) is 16.2. The smallest absolute Gasteiger partial charge is 0.269 e. The molecule has 0 atom stereocenters. The van der Waals surface area contributed by atoms with E-state index >= 15 is 0 Å². The third-order valence-electron chi connectivity index (χ3n) is 3.50. The normalized spacial score (nSPS) is 16.1. The van der Waals surface area contributed by atoms with E-state index in [2.05, 4.69) is 24.1 Å². The van der Waals surface area contributed by atoms with Gasteiger partial charge in [0.05, 0.1) is 13.2 Å². The molecular weight excluding hydrogens is 292 g/mol. The quantitative estimate of drug-likeness (QED) is 0.820. The molecule has 21 heavy (non-hydrogen) atoms. The molecule has 0 aliphatic carbocycles. The van der Waals surface area contributed by atoms with Crippen LogP contribution >= 0.6 is 11.6 Å². The maximum absolute atomic E-state index is 11.9. The van der Waals surface area contributed by atoms with Crippen LogP contribution in [-0.4, -0.2) is 36.9 Å². The van der Waals surface area contributed by atoms with E-state index < -0.39 is 0 Å². The molecule has 5 nitrogen and oxygen atoms in total. The van der Waals surface area contributed by atoms with Crippen molar-refractivity contribution in [1.29, 1.82) is 0 Å². The van der Waals surface area contributed by atoms with Crippen LogP contribution in [0.15, 0.2) is 18.3 Å². The average Bonchev–Trinajstić information content (AvgIpc) is 2.98. The highest BCUT2D eigenvalue weighted by atomic mass is 35.5. The van der Waals surface area contributed by atoms with Crippen molar-refractivity contribution in [2.75, 3.05) is 19.8 Å². The summed E-state index contributed by atoms with van der Waals surface area (Å²) in [5.41, 5.74) is 0.277. The van der Waals surface area contributed by atoms with Crippen LogP contribution in [0.25, 0.3) is 0 Å². The summed E-state index contributed by atoms with van der Waals surface area (Å²) in [5.74, 6) is -0.205. The van der Waals surface area contributed by atoms with Gasteiger partial charge in [-0.25, -0.2) is 0 Å². The van der Waals surface area contributed by atoms with Crippen LogP contribution in [0.2, 0.25) is 5.02 Å². The van der Waals surface area contributed by atoms with Gasteiger partial charge in [-0.05, 0) is 25.0 Å². The van der Waals surface area contributed by atoms with Crippen LogP contribution in [0.5, 0.6) is 0 Å². The maximum Gasteiger partial charge on any atom is 0.269 e. The number of ether oxygens (including phenoxy) is 2. The summed E-state index contributed by atoms with van der Waals surface area (Å²) in [5, 5.41) is 3.35. The first-order valence-corrected chi connectivity index (χ1v) is 7.50. The number of rotatable bonds is 6. The summed E-state index contributed by atoms with van der Waals surface area (Å²) < 4.78 is 11.1. The molecule has 116 valence electrons. The Labute approximate surface area is 130 Å². The van der Waals surface area contributed by atoms with Crippen molar-refractivity contribution < 1.29 is 14.3 Å². The number of pyridine rings is 1. The number of halogens is 1. The Morgan fingerprint density at radius 3 is 2.86 bits per heavy atom. The highest BCUT2D eigenvalue weighted by Crippen LogP contribution is 2.31. The molecule has 1 amide bonds. The van der Waals surface area contributed by atoms with E-state index in [4.69, 9.17) is 21.1 Å². The van der Waals surface area contributed by atoms with Gasteiger partial charge in [-0.3, -0.25) is 9.78 Å². The number of aromatic nitrogens is 1. The standard InChI is InChI=1S/C15H21ClN2O3/c1-15(2,14-20-8-9-21-14)5-3-6-18-13(19)12-10-11(16)4-7-17-12/h4,7,10,14H,3,5-6,8-9H2,1-2H3,(H,18,19). The summed E-state index contributed by atoms with van der Waals surface area (Å²) >= 11 is 5.83. The van der Waals surface area contributed by atoms with E-state index in [0.29, 0.717) is 30.5 Å². The minimum absolute atomic E-state index is 0.0600. The monoisotopic (exact) mass is 312 g/mol. The number of carbonyl (C=O) groups excluding carboxylic acids is 1. The van der Waals surface area contributed by atoms with E-state index in [-0.39, 0.29) is 17.6 Å². The van der Waals surface area contributed by atoms with Crippen molar-refractivity contribution in [3.63, 3.8) is 0 Å². The molecule has 1 aliphatic heterocycles. The third-order valence-corrected chi connectivity index (χ3v) is 3.73. The Hall–Kier alpha value is -1.17. The highest BCUT2D eigenvalue weighted by molar-refractivity contribution is 6.30. The van der Waals surface area contributed by atoms with Gasteiger partial charge in [-0.15, -0.1) is 0 Å². The lowest BCUT2D eigenvalue weighted by atomic mass is 9.87. The zero-order valence-corrected chi connectivity index (χ0v) is 13.2. The van der Waals surface area contributed by atoms with Crippen LogP contribution in [-0.2, 0) is 9.47 Å². The maximum atomic E-state index is 11.9. The van der Waals surface area contributed by atoms with Crippen molar-refractivity contribution in [2.24, 2.45) is 5.41 Å². The van der Waals surface area contributed by atoms with Crippen molar-refractivity contribution >= 4 is 17.5 Å². The zero-order valence-electron chi connectivity index (χ0n) is 12.4. The fraction of sp³-hybridized carbons (Fsp3) is 0.600. The number of amides is 1. The topological polar surface area (TPSA) is 60.5 Å². The summed E-state index contributed by atoms with van der Waals surface area (Å²) in [6.45, 7) is 6.13. The largest absolute Gasteiger partial charge is 0.351 e. The van der Waals surface area contributed by atoms with Crippen molar-refractivity contribution in [3.8, 4) is 0 Å². The molecule has 1 fully saturated rings. The molecule has 0 bridgehead atoms. The van der Waals surface area contributed by atoms with Crippen molar-refractivity contribution in [3.05, 3.63) is 29.0 Å². The molecule has 1 aromatic rings. The molecule has 1 aliphatic rings. The molecular formula is C15H21ClN2O3. The van der Waals surface area contributed by atoms with E-state index in [1.807, 2.05) is 0 Å². The summed E-state index contributed by atoms with van der Waals surface area (Å²) in [6.07, 6.45) is 3.13. The molecule has 1 aromatic heterocycles. The molecule has 6 heteroatoms. The Balaban J connectivity index is 1.73. The van der Waals surface area contributed by atoms with Crippen LogP contribution in [0.3, 0.4) is 0 Å². The molecule has 0 saturated carbocycles. The Kier molecular flexibility index (Phi) is 5.56. The lowest BCUT2D eigenvalue weighted by Crippen LogP contribution is -2.32. The Morgan fingerprint density at radius 1 is 1.48 bits per heavy atom. The van der Waals surface area contributed by atoms with Gasteiger partial charge in [0.25, 0.3) is 5.91 Å². The Morgan fingerprint density at radius 2 is 2.19 bits per heavy atom. The van der Waals surface area contributed by atoms with Crippen LogP contribution in [0.4, 0.5) is 0 Å². The molecule has 1 saturated heterocycles. The first-order chi connectivity index (χ1) is 9.99.